The van der Waals surface area contributed by atoms with E-state index >= 15 is 0 Å². The van der Waals surface area contributed by atoms with E-state index in [0.29, 0.717) is 19.3 Å². The van der Waals surface area contributed by atoms with Crippen LogP contribution in [0.25, 0.3) is 0 Å². The number of carbonyl (C=O) groups excluding carboxylic acids is 3. The van der Waals surface area contributed by atoms with E-state index in [1.54, 1.807) is 0 Å². The molecule has 0 fully saturated rings. The highest BCUT2D eigenvalue weighted by atomic mass is 16.6. The Balaban J connectivity index is 4.49. The lowest BCUT2D eigenvalue weighted by molar-refractivity contribution is -0.167. The van der Waals surface area contributed by atoms with Gasteiger partial charge in [0.15, 0.2) is 6.10 Å². The maximum atomic E-state index is 12.7. The number of carbonyl (C=O) groups is 3. The molecule has 0 bridgehead atoms. The monoisotopic (exact) mass is 779 g/mol. The van der Waals surface area contributed by atoms with Crippen molar-refractivity contribution in [3.05, 3.63) is 85.1 Å². The van der Waals surface area contributed by atoms with Crippen LogP contribution >= 0.6 is 0 Å². The second kappa shape index (κ2) is 44.3. The summed E-state index contributed by atoms with van der Waals surface area (Å²) in [7, 11) is 0. The molecule has 0 aliphatic heterocycles. The first-order chi connectivity index (χ1) is 27.5. The molecule has 1 atom stereocenters. The highest BCUT2D eigenvalue weighted by Crippen LogP contribution is 2.12. The molecule has 0 saturated carbocycles. The SMILES string of the molecule is CC/C=C\C/C=C\C/C=C\CCCCC(=O)OC(COC(=O)CCC/C=C\C/C=C\C/C=C\CC)COC(=O)CCCCCCCCC/C=C\CCCCCC. The van der Waals surface area contributed by atoms with Crippen molar-refractivity contribution in [1.82, 2.24) is 0 Å². The molecule has 0 radical (unpaired) electrons. The Morgan fingerprint density at radius 1 is 0.375 bits per heavy atom. The van der Waals surface area contributed by atoms with Crippen molar-refractivity contribution in [2.75, 3.05) is 13.2 Å². The number of esters is 3. The van der Waals surface area contributed by atoms with Crippen LogP contribution in [-0.2, 0) is 28.6 Å². The summed E-state index contributed by atoms with van der Waals surface area (Å²) in [6.07, 6.45) is 55.8. The highest BCUT2D eigenvalue weighted by Gasteiger charge is 2.19. The Kier molecular flexibility index (Phi) is 41.6. The van der Waals surface area contributed by atoms with Crippen LogP contribution in [0.15, 0.2) is 85.1 Å². The quantitative estimate of drug-likeness (QED) is 0.0268. The minimum atomic E-state index is -0.816. The standard InChI is InChI=1S/C50H82O6/c1-4-7-10-13-16-19-22-24-25-26-29-31-34-37-40-43-49(52)55-46-47(45-54-48(51)42-39-36-33-30-27-21-18-15-12-9-6-3)56-50(53)44-41-38-35-32-28-23-20-17-14-11-8-5-2/h8-9,11-12,17-22,28,30,32-33,47H,4-7,10,13-16,23-27,29,31,34-46H2,1-3H3/b11-8-,12-9-,20-17-,21-18-,22-19-,32-28-,33-30-. The van der Waals surface area contributed by atoms with Gasteiger partial charge >= 0.3 is 17.9 Å². The molecular formula is C50H82O6. The zero-order chi connectivity index (χ0) is 40.8. The van der Waals surface area contributed by atoms with Crippen LogP contribution in [0.4, 0.5) is 0 Å². The molecule has 6 heteroatoms. The highest BCUT2D eigenvalue weighted by molar-refractivity contribution is 5.71. The van der Waals surface area contributed by atoms with E-state index in [1.165, 1.54) is 64.2 Å². The zero-order valence-electron chi connectivity index (χ0n) is 36.1. The van der Waals surface area contributed by atoms with Gasteiger partial charge in [-0.15, -0.1) is 0 Å². The first-order valence-corrected chi connectivity index (χ1v) is 22.6. The van der Waals surface area contributed by atoms with Crippen molar-refractivity contribution in [3.8, 4) is 0 Å². The third-order valence-electron chi connectivity index (χ3n) is 9.11. The van der Waals surface area contributed by atoms with E-state index in [0.717, 1.165) is 77.0 Å². The van der Waals surface area contributed by atoms with E-state index in [2.05, 4.69) is 106 Å². The van der Waals surface area contributed by atoms with Crippen LogP contribution < -0.4 is 0 Å². The second-order valence-corrected chi connectivity index (χ2v) is 14.5. The lowest BCUT2D eigenvalue weighted by atomic mass is 10.1. The average Bonchev–Trinajstić information content (AvgIpc) is 3.19. The molecule has 0 spiro atoms. The van der Waals surface area contributed by atoms with Gasteiger partial charge in [0.2, 0.25) is 0 Å². The maximum Gasteiger partial charge on any atom is 0.306 e. The van der Waals surface area contributed by atoms with Crippen molar-refractivity contribution in [2.24, 2.45) is 0 Å². The largest absolute Gasteiger partial charge is 0.462 e. The van der Waals surface area contributed by atoms with Crippen molar-refractivity contribution in [3.63, 3.8) is 0 Å². The molecule has 318 valence electrons. The van der Waals surface area contributed by atoms with Gasteiger partial charge in [0.05, 0.1) is 0 Å². The van der Waals surface area contributed by atoms with E-state index in [1.807, 2.05) is 0 Å². The fraction of sp³-hybridized carbons (Fsp3) is 0.660. The van der Waals surface area contributed by atoms with Crippen LogP contribution in [0, 0.1) is 0 Å². The van der Waals surface area contributed by atoms with Crippen molar-refractivity contribution in [2.45, 2.75) is 200 Å². The molecule has 0 aromatic carbocycles. The van der Waals surface area contributed by atoms with Crippen LogP contribution in [0.3, 0.4) is 0 Å². The van der Waals surface area contributed by atoms with Crippen LogP contribution in [0.2, 0.25) is 0 Å². The van der Waals surface area contributed by atoms with Crippen LogP contribution in [-0.4, -0.2) is 37.2 Å². The van der Waals surface area contributed by atoms with Crippen LogP contribution in [0.1, 0.15) is 194 Å². The summed E-state index contributed by atoms with van der Waals surface area (Å²) in [6.45, 7) is 6.28. The number of ether oxygens (including phenoxy) is 3. The summed E-state index contributed by atoms with van der Waals surface area (Å²) < 4.78 is 16.6. The predicted molar refractivity (Wildman–Crippen MR) is 237 cm³/mol. The summed E-state index contributed by atoms with van der Waals surface area (Å²) in [4.78, 5) is 37.7. The van der Waals surface area contributed by atoms with E-state index in [9.17, 15) is 14.4 Å². The van der Waals surface area contributed by atoms with Gasteiger partial charge in [-0.05, 0) is 103 Å². The minimum Gasteiger partial charge on any atom is -0.462 e. The summed E-state index contributed by atoms with van der Waals surface area (Å²) in [5.41, 5.74) is 0. The third-order valence-corrected chi connectivity index (χ3v) is 9.11. The molecule has 0 saturated heterocycles. The van der Waals surface area contributed by atoms with Gasteiger partial charge in [-0.25, -0.2) is 0 Å². The first-order valence-electron chi connectivity index (χ1n) is 22.6. The summed E-state index contributed by atoms with van der Waals surface area (Å²) >= 11 is 0. The zero-order valence-corrected chi connectivity index (χ0v) is 36.1. The summed E-state index contributed by atoms with van der Waals surface area (Å²) in [5, 5.41) is 0. The van der Waals surface area contributed by atoms with Crippen molar-refractivity contribution >= 4 is 17.9 Å². The second-order valence-electron chi connectivity index (χ2n) is 14.5. The Morgan fingerprint density at radius 3 is 1.21 bits per heavy atom. The molecule has 1 unspecified atom stereocenters. The van der Waals surface area contributed by atoms with Crippen LogP contribution in [0.5, 0.6) is 0 Å². The molecule has 0 heterocycles. The molecule has 0 amide bonds. The topological polar surface area (TPSA) is 78.9 Å². The van der Waals surface area contributed by atoms with Crippen molar-refractivity contribution in [1.29, 1.82) is 0 Å². The number of allylic oxidation sites excluding steroid dienone is 14. The van der Waals surface area contributed by atoms with E-state index in [-0.39, 0.29) is 44.0 Å². The molecule has 6 nitrogen and oxygen atoms in total. The molecule has 0 rings (SSSR count). The summed E-state index contributed by atoms with van der Waals surface area (Å²) in [6, 6.07) is 0. The lowest BCUT2D eigenvalue weighted by Gasteiger charge is -2.18. The van der Waals surface area contributed by atoms with E-state index < -0.39 is 6.10 Å². The molecule has 0 aliphatic carbocycles. The molecule has 0 aromatic rings. The van der Waals surface area contributed by atoms with E-state index in [4.69, 9.17) is 14.2 Å². The maximum absolute atomic E-state index is 12.7. The van der Waals surface area contributed by atoms with Gasteiger partial charge in [-0.2, -0.15) is 0 Å². The number of hydrogen-bond acceptors (Lipinski definition) is 6. The number of hydrogen-bond donors (Lipinski definition) is 0. The molecule has 0 aliphatic rings. The molecule has 0 aromatic heterocycles. The Morgan fingerprint density at radius 2 is 0.714 bits per heavy atom. The number of rotatable bonds is 39. The van der Waals surface area contributed by atoms with Gasteiger partial charge < -0.3 is 14.2 Å². The fourth-order valence-electron chi connectivity index (χ4n) is 5.77. The number of unbranched alkanes of at least 4 members (excludes halogenated alkanes) is 14. The summed E-state index contributed by atoms with van der Waals surface area (Å²) in [5.74, 6) is -1.02. The van der Waals surface area contributed by atoms with Gasteiger partial charge in [0.25, 0.3) is 0 Å². The lowest BCUT2D eigenvalue weighted by Crippen LogP contribution is -2.30. The third kappa shape index (κ3) is 41.7. The Labute approximate surface area is 344 Å². The normalized spacial score (nSPS) is 12.8. The van der Waals surface area contributed by atoms with Crippen molar-refractivity contribution < 1.29 is 28.6 Å². The first kappa shape index (κ1) is 52.6. The average molecular weight is 779 g/mol. The minimum absolute atomic E-state index is 0.111. The molecule has 0 N–H and O–H groups in total. The Hall–Kier alpha value is -3.41. The van der Waals surface area contributed by atoms with Gasteiger partial charge in [-0.1, -0.05) is 157 Å². The Bertz CT molecular complexity index is 1120. The smallest absolute Gasteiger partial charge is 0.306 e. The molecule has 56 heavy (non-hydrogen) atoms. The van der Waals surface area contributed by atoms with Gasteiger partial charge in [0.1, 0.15) is 13.2 Å². The van der Waals surface area contributed by atoms with Gasteiger partial charge in [0, 0.05) is 19.3 Å². The van der Waals surface area contributed by atoms with Gasteiger partial charge in [-0.3, -0.25) is 14.4 Å². The molecular weight excluding hydrogens is 697 g/mol. The predicted octanol–water partition coefficient (Wildman–Crippen LogP) is 14.5. The fourth-order valence-corrected chi connectivity index (χ4v) is 5.77.